The highest BCUT2D eigenvalue weighted by molar-refractivity contribution is 5.95. The summed E-state index contributed by atoms with van der Waals surface area (Å²) in [6.45, 7) is 5.73. The summed E-state index contributed by atoms with van der Waals surface area (Å²) in [6.07, 6.45) is 1.77. The molecule has 15 heavy (non-hydrogen) atoms. The first-order valence-corrected chi connectivity index (χ1v) is 5.01. The van der Waals surface area contributed by atoms with Gasteiger partial charge in [0.15, 0.2) is 0 Å². The Balaban J connectivity index is 2.30. The van der Waals surface area contributed by atoms with Crippen LogP contribution in [0.3, 0.4) is 0 Å². The lowest BCUT2D eigenvalue weighted by atomic mass is 10.1. The van der Waals surface area contributed by atoms with Gasteiger partial charge >= 0.3 is 6.03 Å². The van der Waals surface area contributed by atoms with E-state index in [1.54, 1.807) is 11.0 Å². The minimum Gasteiger partial charge on any atom is -0.329 e. The van der Waals surface area contributed by atoms with Crippen molar-refractivity contribution in [3.63, 3.8) is 0 Å². The van der Waals surface area contributed by atoms with Gasteiger partial charge in [-0.1, -0.05) is 24.3 Å². The number of hydrogen-bond donors (Lipinski definition) is 1. The van der Waals surface area contributed by atoms with E-state index in [-0.39, 0.29) is 18.1 Å². The summed E-state index contributed by atoms with van der Waals surface area (Å²) in [5.41, 5.74) is 0.923. The number of anilines is 1. The first-order valence-electron chi connectivity index (χ1n) is 5.01. The van der Waals surface area contributed by atoms with Crippen LogP contribution in [0.1, 0.15) is 6.92 Å². The zero-order chi connectivity index (χ0) is 10.8. The molecular formula is C12H14N2O. The predicted octanol–water partition coefficient (Wildman–Crippen LogP) is 2.16. The molecule has 1 aromatic carbocycles. The van der Waals surface area contributed by atoms with Gasteiger partial charge in [0.25, 0.3) is 0 Å². The summed E-state index contributed by atoms with van der Waals surface area (Å²) in [7, 11) is 0. The molecule has 1 saturated heterocycles. The lowest BCUT2D eigenvalue weighted by Gasteiger charge is -2.21. The molecule has 2 rings (SSSR count). The lowest BCUT2D eigenvalue weighted by molar-refractivity contribution is 0.251. The molecule has 1 aliphatic rings. The smallest absolute Gasteiger partial charge is 0.322 e. The van der Waals surface area contributed by atoms with Crippen molar-refractivity contribution < 1.29 is 4.79 Å². The highest BCUT2D eigenvalue weighted by Gasteiger charge is 2.35. The molecule has 1 aromatic rings. The highest BCUT2D eigenvalue weighted by Crippen LogP contribution is 2.22. The van der Waals surface area contributed by atoms with Crippen LogP contribution < -0.4 is 10.2 Å². The molecule has 0 saturated carbocycles. The Morgan fingerprint density at radius 2 is 2.07 bits per heavy atom. The van der Waals surface area contributed by atoms with Crippen molar-refractivity contribution in [1.82, 2.24) is 5.32 Å². The van der Waals surface area contributed by atoms with Crippen molar-refractivity contribution in [2.24, 2.45) is 0 Å². The second-order valence-corrected chi connectivity index (χ2v) is 3.66. The van der Waals surface area contributed by atoms with Crippen molar-refractivity contribution >= 4 is 11.7 Å². The minimum atomic E-state index is -0.0569. The van der Waals surface area contributed by atoms with E-state index in [1.165, 1.54) is 0 Å². The van der Waals surface area contributed by atoms with Crippen LogP contribution in [-0.2, 0) is 0 Å². The Labute approximate surface area is 89.4 Å². The number of carbonyl (C=O) groups is 1. The Hall–Kier alpha value is -1.77. The summed E-state index contributed by atoms with van der Waals surface area (Å²) in [6, 6.07) is 9.73. The van der Waals surface area contributed by atoms with Crippen molar-refractivity contribution in [2.45, 2.75) is 19.0 Å². The van der Waals surface area contributed by atoms with E-state index in [2.05, 4.69) is 11.9 Å². The van der Waals surface area contributed by atoms with E-state index < -0.39 is 0 Å². The highest BCUT2D eigenvalue weighted by atomic mass is 16.2. The number of amides is 2. The number of rotatable bonds is 2. The van der Waals surface area contributed by atoms with Gasteiger partial charge in [-0.2, -0.15) is 0 Å². The molecule has 3 heteroatoms. The van der Waals surface area contributed by atoms with Crippen LogP contribution in [0.5, 0.6) is 0 Å². The molecule has 1 aliphatic heterocycles. The van der Waals surface area contributed by atoms with Gasteiger partial charge in [-0.05, 0) is 19.1 Å². The van der Waals surface area contributed by atoms with E-state index in [0.717, 1.165) is 5.69 Å². The largest absolute Gasteiger partial charge is 0.329 e. The van der Waals surface area contributed by atoms with Crippen LogP contribution in [0.15, 0.2) is 43.0 Å². The first kappa shape index (κ1) is 9.77. The average molecular weight is 202 g/mol. The van der Waals surface area contributed by atoms with Gasteiger partial charge in [0.2, 0.25) is 0 Å². The molecule has 0 aromatic heterocycles. The quantitative estimate of drug-likeness (QED) is 0.732. The van der Waals surface area contributed by atoms with Gasteiger partial charge in [-0.3, -0.25) is 4.90 Å². The Kier molecular flexibility index (Phi) is 2.46. The Bertz CT molecular complexity index is 374. The zero-order valence-electron chi connectivity index (χ0n) is 8.68. The van der Waals surface area contributed by atoms with E-state index in [9.17, 15) is 4.79 Å². The van der Waals surface area contributed by atoms with Crippen LogP contribution >= 0.6 is 0 Å². The maximum atomic E-state index is 11.7. The van der Waals surface area contributed by atoms with Gasteiger partial charge in [0.05, 0.1) is 12.1 Å². The summed E-state index contributed by atoms with van der Waals surface area (Å²) in [4.78, 5) is 13.5. The topological polar surface area (TPSA) is 32.3 Å². The number of urea groups is 1. The second-order valence-electron chi connectivity index (χ2n) is 3.66. The number of nitrogens with one attached hydrogen (secondary N) is 1. The normalized spacial score (nSPS) is 25.1. The van der Waals surface area contributed by atoms with Crippen LogP contribution in [-0.4, -0.2) is 18.1 Å². The number of carbonyl (C=O) groups excluding carboxylic acids is 1. The van der Waals surface area contributed by atoms with Gasteiger partial charge in [0, 0.05) is 5.69 Å². The molecule has 1 fully saturated rings. The Morgan fingerprint density at radius 3 is 2.60 bits per heavy atom. The van der Waals surface area contributed by atoms with E-state index in [1.807, 2.05) is 37.3 Å². The standard InChI is InChI=1S/C12H14N2O/c1-3-11-9(2)14(12(15)13-11)10-7-5-4-6-8-10/h3-9,11H,1H2,2H3,(H,13,15)/t9-,11+/m1/s1. The number of benzene rings is 1. The monoisotopic (exact) mass is 202 g/mol. The van der Waals surface area contributed by atoms with Crippen LogP contribution in [0.25, 0.3) is 0 Å². The molecule has 3 nitrogen and oxygen atoms in total. The van der Waals surface area contributed by atoms with Crippen molar-refractivity contribution in [1.29, 1.82) is 0 Å². The van der Waals surface area contributed by atoms with E-state index in [4.69, 9.17) is 0 Å². The second kappa shape index (κ2) is 3.77. The molecule has 1 heterocycles. The minimum absolute atomic E-state index is 0.0257. The molecule has 0 bridgehead atoms. The fourth-order valence-electron chi connectivity index (χ4n) is 1.88. The fourth-order valence-corrected chi connectivity index (χ4v) is 1.88. The third-order valence-corrected chi connectivity index (χ3v) is 2.72. The molecule has 1 N–H and O–H groups in total. The third kappa shape index (κ3) is 1.61. The molecule has 0 radical (unpaired) electrons. The maximum absolute atomic E-state index is 11.7. The van der Waals surface area contributed by atoms with Gasteiger partial charge in [-0.15, -0.1) is 6.58 Å². The fraction of sp³-hybridized carbons (Fsp3) is 0.250. The zero-order valence-corrected chi connectivity index (χ0v) is 8.68. The molecule has 0 aliphatic carbocycles. The SMILES string of the molecule is C=C[C@@H]1NC(=O)N(c2ccccc2)[C@@H]1C. The molecular weight excluding hydrogens is 188 g/mol. The van der Waals surface area contributed by atoms with Crippen molar-refractivity contribution in [3.05, 3.63) is 43.0 Å². The van der Waals surface area contributed by atoms with Crippen molar-refractivity contribution in [2.75, 3.05) is 4.90 Å². The summed E-state index contributed by atoms with van der Waals surface area (Å²) >= 11 is 0. The number of para-hydroxylation sites is 1. The van der Waals surface area contributed by atoms with E-state index >= 15 is 0 Å². The molecule has 2 amide bonds. The van der Waals surface area contributed by atoms with Crippen molar-refractivity contribution in [3.8, 4) is 0 Å². The van der Waals surface area contributed by atoms with Gasteiger partial charge in [-0.25, -0.2) is 4.79 Å². The van der Waals surface area contributed by atoms with Crippen LogP contribution in [0.4, 0.5) is 10.5 Å². The molecule has 0 unspecified atom stereocenters. The molecule has 2 atom stereocenters. The summed E-state index contributed by atoms with van der Waals surface area (Å²) < 4.78 is 0. The third-order valence-electron chi connectivity index (χ3n) is 2.72. The number of nitrogens with zero attached hydrogens (tertiary/aromatic N) is 1. The number of hydrogen-bond acceptors (Lipinski definition) is 1. The lowest BCUT2D eigenvalue weighted by Crippen LogP contribution is -2.33. The first-order chi connectivity index (χ1) is 7.24. The summed E-state index contributed by atoms with van der Waals surface area (Å²) in [5, 5.41) is 2.87. The van der Waals surface area contributed by atoms with Crippen LogP contribution in [0, 0.1) is 0 Å². The molecule has 78 valence electrons. The van der Waals surface area contributed by atoms with Gasteiger partial charge < -0.3 is 5.32 Å². The predicted molar refractivity (Wildman–Crippen MR) is 60.9 cm³/mol. The average Bonchev–Trinajstić information content (AvgIpc) is 2.55. The van der Waals surface area contributed by atoms with Crippen LogP contribution in [0.2, 0.25) is 0 Å². The molecule has 0 spiro atoms. The maximum Gasteiger partial charge on any atom is 0.322 e. The summed E-state index contributed by atoms with van der Waals surface area (Å²) in [5.74, 6) is 0. The Morgan fingerprint density at radius 1 is 1.40 bits per heavy atom. The van der Waals surface area contributed by atoms with E-state index in [0.29, 0.717) is 0 Å². The van der Waals surface area contributed by atoms with Gasteiger partial charge in [0.1, 0.15) is 0 Å².